The molecule has 2 saturated heterocycles. The third kappa shape index (κ3) is 5.28. The molecule has 0 aromatic heterocycles. The standard InChI is InChI=1S/C21H29FN2O3/c1-27-20(26)5-2-4-19(25)24-13-11-21(16-24)10-3-12-23(15-21)14-17-6-8-18(22)9-7-17/h6-9H,2-5,10-16H2,1H3/t21-/m1/s1. The van der Waals surface area contributed by atoms with Crippen LogP contribution in [0.15, 0.2) is 24.3 Å². The number of nitrogens with zero attached hydrogens (tertiary/aromatic N) is 2. The molecule has 3 rings (SSSR count). The molecule has 0 saturated carbocycles. The van der Waals surface area contributed by atoms with Gasteiger partial charge in [0.15, 0.2) is 0 Å². The molecular formula is C21H29FN2O3. The molecule has 5 nitrogen and oxygen atoms in total. The van der Waals surface area contributed by atoms with Crippen LogP contribution in [0.5, 0.6) is 0 Å². The number of rotatable bonds is 6. The van der Waals surface area contributed by atoms with Crippen molar-refractivity contribution in [1.29, 1.82) is 0 Å². The second-order valence-corrected chi connectivity index (χ2v) is 7.94. The van der Waals surface area contributed by atoms with Gasteiger partial charge in [-0.2, -0.15) is 0 Å². The minimum Gasteiger partial charge on any atom is -0.469 e. The van der Waals surface area contributed by atoms with Crippen molar-refractivity contribution in [2.75, 3.05) is 33.3 Å². The average Bonchev–Trinajstić information content (AvgIpc) is 3.06. The van der Waals surface area contributed by atoms with Crippen molar-refractivity contribution in [3.8, 4) is 0 Å². The number of carbonyl (C=O) groups excluding carboxylic acids is 2. The molecule has 1 spiro atoms. The molecule has 1 aromatic carbocycles. The van der Waals surface area contributed by atoms with E-state index in [9.17, 15) is 14.0 Å². The van der Waals surface area contributed by atoms with E-state index in [1.54, 1.807) is 0 Å². The van der Waals surface area contributed by atoms with Crippen molar-refractivity contribution in [2.45, 2.75) is 45.1 Å². The van der Waals surface area contributed by atoms with Crippen molar-refractivity contribution in [1.82, 2.24) is 9.80 Å². The molecule has 1 aromatic rings. The Morgan fingerprint density at radius 3 is 2.63 bits per heavy atom. The smallest absolute Gasteiger partial charge is 0.305 e. The number of piperidine rings is 1. The van der Waals surface area contributed by atoms with Crippen molar-refractivity contribution >= 4 is 11.9 Å². The summed E-state index contributed by atoms with van der Waals surface area (Å²) >= 11 is 0. The Labute approximate surface area is 160 Å². The largest absolute Gasteiger partial charge is 0.469 e. The summed E-state index contributed by atoms with van der Waals surface area (Å²) in [4.78, 5) is 28.1. The van der Waals surface area contributed by atoms with E-state index >= 15 is 0 Å². The Kier molecular flexibility index (Phi) is 6.47. The molecule has 0 unspecified atom stereocenters. The number of benzene rings is 1. The molecule has 27 heavy (non-hydrogen) atoms. The highest BCUT2D eigenvalue weighted by molar-refractivity contribution is 5.77. The van der Waals surface area contributed by atoms with E-state index < -0.39 is 0 Å². The first-order chi connectivity index (χ1) is 13.0. The average molecular weight is 376 g/mol. The summed E-state index contributed by atoms with van der Waals surface area (Å²) in [6.07, 6.45) is 4.57. The lowest BCUT2D eigenvalue weighted by atomic mass is 9.79. The van der Waals surface area contributed by atoms with Gasteiger partial charge in [-0.3, -0.25) is 14.5 Å². The number of likely N-dealkylation sites (tertiary alicyclic amines) is 2. The lowest BCUT2D eigenvalue weighted by Crippen LogP contribution is -2.45. The summed E-state index contributed by atoms with van der Waals surface area (Å²) in [6.45, 7) is 4.48. The van der Waals surface area contributed by atoms with E-state index in [1.807, 2.05) is 17.0 Å². The molecular weight excluding hydrogens is 347 g/mol. The van der Waals surface area contributed by atoms with E-state index in [0.717, 1.165) is 57.5 Å². The van der Waals surface area contributed by atoms with Crippen LogP contribution in [0.2, 0.25) is 0 Å². The fourth-order valence-corrected chi connectivity index (χ4v) is 4.42. The molecule has 1 atom stereocenters. The molecule has 0 aliphatic carbocycles. The van der Waals surface area contributed by atoms with Gasteiger partial charge in [-0.25, -0.2) is 4.39 Å². The Morgan fingerprint density at radius 1 is 1.11 bits per heavy atom. The third-order valence-electron chi connectivity index (χ3n) is 5.85. The van der Waals surface area contributed by atoms with Gasteiger partial charge < -0.3 is 9.64 Å². The zero-order valence-corrected chi connectivity index (χ0v) is 16.1. The molecule has 6 heteroatoms. The number of halogens is 1. The molecule has 2 aliphatic heterocycles. The maximum Gasteiger partial charge on any atom is 0.305 e. The molecule has 148 valence electrons. The second-order valence-electron chi connectivity index (χ2n) is 7.94. The highest BCUT2D eigenvalue weighted by Crippen LogP contribution is 2.39. The van der Waals surface area contributed by atoms with Crippen LogP contribution in [-0.4, -0.2) is 55.0 Å². The maximum absolute atomic E-state index is 13.1. The van der Waals surface area contributed by atoms with Gasteiger partial charge in [0.05, 0.1) is 7.11 Å². The summed E-state index contributed by atoms with van der Waals surface area (Å²) in [5.41, 5.74) is 1.30. The predicted molar refractivity (Wildman–Crippen MR) is 100 cm³/mol. The van der Waals surface area contributed by atoms with Crippen molar-refractivity contribution in [3.63, 3.8) is 0 Å². The predicted octanol–water partition coefficient (Wildman–Crippen LogP) is 2.98. The Morgan fingerprint density at radius 2 is 1.89 bits per heavy atom. The number of hydrogen-bond acceptors (Lipinski definition) is 4. The van der Waals surface area contributed by atoms with E-state index in [2.05, 4.69) is 9.64 Å². The lowest BCUT2D eigenvalue weighted by Gasteiger charge is -2.40. The normalized spacial score (nSPS) is 23.0. The van der Waals surface area contributed by atoms with Gasteiger partial charge >= 0.3 is 5.97 Å². The van der Waals surface area contributed by atoms with Crippen LogP contribution in [0.1, 0.15) is 44.1 Å². The van der Waals surface area contributed by atoms with Gasteiger partial charge in [-0.05, 0) is 49.9 Å². The highest BCUT2D eigenvalue weighted by atomic mass is 19.1. The van der Waals surface area contributed by atoms with E-state index in [-0.39, 0.29) is 23.1 Å². The fourth-order valence-electron chi connectivity index (χ4n) is 4.42. The van der Waals surface area contributed by atoms with Crippen LogP contribution < -0.4 is 0 Å². The Balaban J connectivity index is 1.50. The number of amides is 1. The first kappa shape index (κ1) is 19.8. The van der Waals surface area contributed by atoms with Crippen LogP contribution in [-0.2, 0) is 20.9 Å². The van der Waals surface area contributed by atoms with E-state index in [4.69, 9.17) is 0 Å². The van der Waals surface area contributed by atoms with Gasteiger partial charge in [0.2, 0.25) is 5.91 Å². The van der Waals surface area contributed by atoms with Gasteiger partial charge in [0, 0.05) is 44.4 Å². The summed E-state index contributed by atoms with van der Waals surface area (Å²) in [5.74, 6) is -0.318. The summed E-state index contributed by atoms with van der Waals surface area (Å²) < 4.78 is 17.7. The number of ether oxygens (including phenoxy) is 1. The van der Waals surface area contributed by atoms with E-state index in [0.29, 0.717) is 19.3 Å². The molecule has 2 fully saturated rings. The first-order valence-corrected chi connectivity index (χ1v) is 9.81. The molecule has 0 N–H and O–H groups in total. The molecule has 2 heterocycles. The molecule has 1 amide bonds. The van der Waals surface area contributed by atoms with Crippen LogP contribution >= 0.6 is 0 Å². The second kappa shape index (κ2) is 8.83. The number of hydrogen-bond donors (Lipinski definition) is 0. The van der Waals surface area contributed by atoms with Crippen LogP contribution in [0, 0.1) is 11.2 Å². The first-order valence-electron chi connectivity index (χ1n) is 9.81. The van der Waals surface area contributed by atoms with Crippen LogP contribution in [0.4, 0.5) is 4.39 Å². The minimum absolute atomic E-state index is 0.145. The monoisotopic (exact) mass is 376 g/mol. The van der Waals surface area contributed by atoms with Gasteiger partial charge in [-0.15, -0.1) is 0 Å². The lowest BCUT2D eigenvalue weighted by molar-refractivity contribution is -0.140. The van der Waals surface area contributed by atoms with Crippen LogP contribution in [0.25, 0.3) is 0 Å². The molecule has 0 bridgehead atoms. The molecule has 2 aliphatic rings. The maximum atomic E-state index is 13.1. The Hall–Kier alpha value is -1.95. The SMILES string of the molecule is COC(=O)CCCC(=O)N1CC[C@@]2(CCCN(Cc3ccc(F)cc3)C2)C1. The number of methoxy groups -OCH3 is 1. The Bertz CT molecular complexity index is 664. The van der Waals surface area contributed by atoms with Crippen LogP contribution in [0.3, 0.4) is 0 Å². The van der Waals surface area contributed by atoms with E-state index in [1.165, 1.54) is 19.2 Å². The minimum atomic E-state index is -0.260. The van der Waals surface area contributed by atoms with Crippen molar-refractivity contribution in [3.05, 3.63) is 35.6 Å². The fraction of sp³-hybridized carbons (Fsp3) is 0.619. The summed E-state index contributed by atoms with van der Waals surface area (Å²) in [5, 5.41) is 0. The zero-order valence-electron chi connectivity index (χ0n) is 16.1. The summed E-state index contributed by atoms with van der Waals surface area (Å²) in [7, 11) is 1.37. The highest BCUT2D eigenvalue weighted by Gasteiger charge is 2.42. The van der Waals surface area contributed by atoms with Crippen molar-refractivity contribution < 1.29 is 18.7 Å². The third-order valence-corrected chi connectivity index (χ3v) is 5.85. The zero-order chi connectivity index (χ0) is 19.3. The topological polar surface area (TPSA) is 49.9 Å². The number of esters is 1. The summed E-state index contributed by atoms with van der Waals surface area (Å²) in [6, 6.07) is 6.73. The van der Waals surface area contributed by atoms with Gasteiger partial charge in [-0.1, -0.05) is 12.1 Å². The quantitative estimate of drug-likeness (QED) is 0.716. The number of carbonyl (C=O) groups is 2. The molecule has 0 radical (unpaired) electrons. The van der Waals surface area contributed by atoms with Gasteiger partial charge in [0.1, 0.15) is 5.82 Å². The van der Waals surface area contributed by atoms with Crippen molar-refractivity contribution in [2.24, 2.45) is 5.41 Å². The van der Waals surface area contributed by atoms with Gasteiger partial charge in [0.25, 0.3) is 0 Å².